The second kappa shape index (κ2) is 7.05. The van der Waals surface area contributed by atoms with Crippen LogP contribution in [0.25, 0.3) is 0 Å². The largest absolute Gasteiger partial charge is 0.496 e. The molecule has 0 saturated carbocycles. The summed E-state index contributed by atoms with van der Waals surface area (Å²) in [4.78, 5) is 12.6. The van der Waals surface area contributed by atoms with Gasteiger partial charge in [-0.05, 0) is 56.4 Å². The normalized spacial score (nSPS) is 17.0. The van der Waals surface area contributed by atoms with Crippen LogP contribution < -0.4 is 10.1 Å². The molecule has 6 nitrogen and oxygen atoms in total. The van der Waals surface area contributed by atoms with Crippen LogP contribution >= 0.6 is 0 Å². The fourth-order valence-corrected chi connectivity index (χ4v) is 2.98. The van der Waals surface area contributed by atoms with Crippen molar-refractivity contribution in [1.29, 1.82) is 0 Å². The van der Waals surface area contributed by atoms with Gasteiger partial charge in [0.05, 0.1) is 7.11 Å². The fourth-order valence-electron chi connectivity index (χ4n) is 2.98. The molecule has 6 heteroatoms. The molecule has 1 N–H and O–H groups in total. The zero-order valence-corrected chi connectivity index (χ0v) is 14.2. The van der Waals surface area contributed by atoms with E-state index in [2.05, 4.69) is 10.5 Å². The van der Waals surface area contributed by atoms with E-state index in [1.54, 1.807) is 27.0 Å². The molecule has 1 atom stereocenters. The molecule has 0 aliphatic carbocycles. The van der Waals surface area contributed by atoms with Gasteiger partial charge in [0.15, 0.2) is 5.76 Å². The Bertz CT molecular complexity index is 713. The number of rotatable bonds is 5. The number of methoxy groups -OCH3 is 1. The summed E-state index contributed by atoms with van der Waals surface area (Å²) in [6.45, 7) is 5.14. The maximum absolute atomic E-state index is 12.6. The molecule has 0 bridgehead atoms. The third-order valence-corrected chi connectivity index (χ3v) is 4.35. The molecule has 1 saturated heterocycles. The molecule has 1 unspecified atom stereocenters. The van der Waals surface area contributed by atoms with Crippen molar-refractivity contribution >= 4 is 11.6 Å². The SMILES string of the molecule is COc1ccc(C(=O)Nc2c(C)noc2C)cc1CC1CCOC1. The van der Waals surface area contributed by atoms with Crippen molar-refractivity contribution in [2.75, 3.05) is 25.6 Å². The van der Waals surface area contributed by atoms with Gasteiger partial charge in [-0.15, -0.1) is 0 Å². The fraction of sp³-hybridized carbons (Fsp3) is 0.444. The lowest BCUT2D eigenvalue weighted by Crippen LogP contribution is -2.14. The summed E-state index contributed by atoms with van der Waals surface area (Å²) in [7, 11) is 1.65. The van der Waals surface area contributed by atoms with E-state index in [0.717, 1.165) is 37.4 Å². The lowest BCUT2D eigenvalue weighted by atomic mass is 9.96. The smallest absolute Gasteiger partial charge is 0.255 e. The Balaban J connectivity index is 1.81. The Morgan fingerprint density at radius 3 is 2.88 bits per heavy atom. The van der Waals surface area contributed by atoms with Crippen LogP contribution in [0.1, 0.15) is 33.8 Å². The third kappa shape index (κ3) is 3.43. The first-order valence-electron chi connectivity index (χ1n) is 8.07. The number of anilines is 1. The number of nitrogens with one attached hydrogen (secondary N) is 1. The molecular formula is C18H22N2O4. The molecule has 0 spiro atoms. The molecule has 0 radical (unpaired) electrons. The van der Waals surface area contributed by atoms with Crippen LogP contribution in [0.5, 0.6) is 5.75 Å². The number of carbonyl (C=O) groups is 1. The molecule has 3 rings (SSSR count). The van der Waals surface area contributed by atoms with Crippen LogP contribution in [-0.4, -0.2) is 31.4 Å². The maximum atomic E-state index is 12.6. The van der Waals surface area contributed by atoms with Crippen LogP contribution in [0.15, 0.2) is 22.7 Å². The first kappa shape index (κ1) is 16.5. The van der Waals surface area contributed by atoms with E-state index in [1.807, 2.05) is 12.1 Å². The van der Waals surface area contributed by atoms with E-state index in [-0.39, 0.29) is 5.91 Å². The standard InChI is InChI=1S/C18H22N2O4/c1-11-17(12(2)24-20-11)19-18(21)14-4-5-16(22-3)15(9-14)8-13-6-7-23-10-13/h4-5,9,13H,6-8,10H2,1-3H3,(H,19,21). The summed E-state index contributed by atoms with van der Waals surface area (Å²) in [5, 5.41) is 6.73. The van der Waals surface area contributed by atoms with Crippen LogP contribution in [0, 0.1) is 19.8 Å². The highest BCUT2D eigenvalue weighted by Gasteiger charge is 2.20. The zero-order chi connectivity index (χ0) is 17.1. The molecule has 2 aromatic rings. The average Bonchev–Trinajstić information content (AvgIpc) is 3.20. The zero-order valence-electron chi connectivity index (χ0n) is 14.2. The molecule has 24 heavy (non-hydrogen) atoms. The van der Waals surface area contributed by atoms with Crippen molar-refractivity contribution in [3.63, 3.8) is 0 Å². The van der Waals surface area contributed by atoms with Crippen molar-refractivity contribution in [1.82, 2.24) is 5.16 Å². The minimum absolute atomic E-state index is 0.184. The first-order chi connectivity index (χ1) is 11.6. The lowest BCUT2D eigenvalue weighted by molar-refractivity contribution is 0.102. The predicted octanol–water partition coefficient (Wildman–Crippen LogP) is 3.13. The van der Waals surface area contributed by atoms with E-state index >= 15 is 0 Å². The van der Waals surface area contributed by atoms with Gasteiger partial charge >= 0.3 is 0 Å². The molecule has 1 aliphatic heterocycles. The van der Waals surface area contributed by atoms with Gasteiger partial charge in [-0.1, -0.05) is 5.16 Å². The van der Waals surface area contributed by atoms with Gasteiger partial charge in [-0.3, -0.25) is 4.79 Å². The van der Waals surface area contributed by atoms with Gasteiger partial charge in [-0.25, -0.2) is 0 Å². The second-order valence-corrected chi connectivity index (χ2v) is 6.11. The first-order valence-corrected chi connectivity index (χ1v) is 8.07. The summed E-state index contributed by atoms with van der Waals surface area (Å²) in [5.74, 6) is 1.68. The number of ether oxygens (including phenoxy) is 2. The Morgan fingerprint density at radius 1 is 1.42 bits per heavy atom. The minimum Gasteiger partial charge on any atom is -0.496 e. The number of hydrogen-bond acceptors (Lipinski definition) is 5. The summed E-state index contributed by atoms with van der Waals surface area (Å²) < 4.78 is 16.0. The second-order valence-electron chi connectivity index (χ2n) is 6.11. The highest BCUT2D eigenvalue weighted by atomic mass is 16.5. The highest BCUT2D eigenvalue weighted by molar-refractivity contribution is 6.05. The number of carbonyl (C=O) groups excluding carboxylic acids is 1. The number of amides is 1. The lowest BCUT2D eigenvalue weighted by Gasteiger charge is -2.13. The van der Waals surface area contributed by atoms with E-state index in [0.29, 0.717) is 28.6 Å². The number of benzene rings is 1. The van der Waals surface area contributed by atoms with Gasteiger partial charge in [-0.2, -0.15) is 0 Å². The molecule has 1 aromatic carbocycles. The van der Waals surface area contributed by atoms with Crippen LogP contribution in [0.2, 0.25) is 0 Å². The van der Waals surface area contributed by atoms with Crippen molar-refractivity contribution < 1.29 is 18.8 Å². The van der Waals surface area contributed by atoms with E-state index < -0.39 is 0 Å². The van der Waals surface area contributed by atoms with E-state index in [1.165, 1.54) is 0 Å². The number of nitrogens with zero attached hydrogens (tertiary/aromatic N) is 1. The molecular weight excluding hydrogens is 308 g/mol. The molecule has 1 fully saturated rings. The summed E-state index contributed by atoms with van der Waals surface area (Å²) in [5.41, 5.74) is 2.91. The summed E-state index contributed by atoms with van der Waals surface area (Å²) in [6, 6.07) is 5.50. The topological polar surface area (TPSA) is 73.6 Å². The van der Waals surface area contributed by atoms with Crippen LogP contribution in [-0.2, 0) is 11.2 Å². The van der Waals surface area contributed by atoms with Gasteiger partial charge in [0.1, 0.15) is 17.1 Å². The molecule has 1 aliphatic rings. The molecule has 1 amide bonds. The highest BCUT2D eigenvalue weighted by Crippen LogP contribution is 2.27. The molecule has 2 heterocycles. The number of aryl methyl sites for hydroxylation is 2. The van der Waals surface area contributed by atoms with Gasteiger partial charge in [0.25, 0.3) is 5.91 Å². The number of aromatic nitrogens is 1. The van der Waals surface area contributed by atoms with Crippen molar-refractivity contribution in [2.45, 2.75) is 26.7 Å². The van der Waals surface area contributed by atoms with Crippen molar-refractivity contribution in [3.8, 4) is 5.75 Å². The average molecular weight is 330 g/mol. The van der Waals surface area contributed by atoms with Crippen molar-refractivity contribution in [2.24, 2.45) is 5.92 Å². The summed E-state index contributed by atoms with van der Waals surface area (Å²) in [6.07, 6.45) is 1.88. The van der Waals surface area contributed by atoms with E-state index in [9.17, 15) is 4.79 Å². The predicted molar refractivity (Wildman–Crippen MR) is 89.6 cm³/mol. The third-order valence-electron chi connectivity index (χ3n) is 4.35. The van der Waals surface area contributed by atoms with Gasteiger partial charge < -0.3 is 19.3 Å². The quantitative estimate of drug-likeness (QED) is 0.912. The Hall–Kier alpha value is -2.34. The molecule has 1 aromatic heterocycles. The maximum Gasteiger partial charge on any atom is 0.255 e. The van der Waals surface area contributed by atoms with Gasteiger partial charge in [0.2, 0.25) is 0 Å². The van der Waals surface area contributed by atoms with E-state index in [4.69, 9.17) is 14.0 Å². The van der Waals surface area contributed by atoms with Gasteiger partial charge in [0, 0.05) is 18.8 Å². The Labute approximate surface area is 141 Å². The minimum atomic E-state index is -0.184. The molecule has 128 valence electrons. The Kier molecular flexibility index (Phi) is 4.85. The van der Waals surface area contributed by atoms with Crippen molar-refractivity contribution in [3.05, 3.63) is 40.8 Å². The van der Waals surface area contributed by atoms with Crippen LogP contribution in [0.3, 0.4) is 0 Å². The monoisotopic (exact) mass is 330 g/mol. The number of hydrogen-bond donors (Lipinski definition) is 1. The summed E-state index contributed by atoms with van der Waals surface area (Å²) >= 11 is 0. The Morgan fingerprint density at radius 2 is 2.25 bits per heavy atom. The van der Waals surface area contributed by atoms with Crippen LogP contribution in [0.4, 0.5) is 5.69 Å².